The lowest BCUT2D eigenvalue weighted by molar-refractivity contribution is 0.0701. The van der Waals surface area contributed by atoms with Crippen LogP contribution in [0.2, 0.25) is 0 Å². The Bertz CT molecular complexity index is 462. The summed E-state index contributed by atoms with van der Waals surface area (Å²) in [4.78, 5) is 26.6. The van der Waals surface area contributed by atoms with Crippen molar-refractivity contribution in [2.75, 3.05) is 19.8 Å². The van der Waals surface area contributed by atoms with Crippen molar-refractivity contribution >= 4 is 23.3 Å². The van der Waals surface area contributed by atoms with Crippen molar-refractivity contribution in [3.63, 3.8) is 0 Å². The predicted octanol–water partition coefficient (Wildman–Crippen LogP) is 1.38. The van der Waals surface area contributed by atoms with Gasteiger partial charge in [0.2, 0.25) is 0 Å². The van der Waals surface area contributed by atoms with Gasteiger partial charge in [-0.25, -0.2) is 14.6 Å². The summed E-state index contributed by atoms with van der Waals surface area (Å²) in [6.07, 6.45) is 0.751. The molecule has 0 atom stereocenters. The number of carboxylic acids is 1. The second-order valence-corrected chi connectivity index (χ2v) is 5.07. The minimum atomic E-state index is -0.994. The number of hydrogen-bond donors (Lipinski definition) is 3. The van der Waals surface area contributed by atoms with Crippen LogP contribution in [0.3, 0.4) is 0 Å². The molecule has 1 rings (SSSR count). The molecule has 0 aliphatic heterocycles. The number of carboxylic acid groups (broad SMARTS) is 1. The summed E-state index contributed by atoms with van der Waals surface area (Å²) in [7, 11) is 0. The molecule has 0 bridgehead atoms. The second-order valence-electron chi connectivity index (χ2n) is 3.99. The van der Waals surface area contributed by atoms with Crippen LogP contribution in [-0.4, -0.2) is 41.8 Å². The third-order valence-corrected chi connectivity index (χ3v) is 3.54. The third kappa shape index (κ3) is 5.54. The van der Waals surface area contributed by atoms with E-state index >= 15 is 0 Å². The summed E-state index contributed by atoms with van der Waals surface area (Å²) in [5.74, 6) is -0.994. The normalized spacial score (nSPS) is 10.3. The number of rotatable bonds is 8. The third-order valence-electron chi connectivity index (χ3n) is 2.39. The van der Waals surface area contributed by atoms with Gasteiger partial charge in [-0.05, 0) is 20.3 Å². The molecule has 0 aliphatic rings. The van der Waals surface area contributed by atoms with Crippen molar-refractivity contribution < 1.29 is 19.4 Å². The number of nitrogens with zero attached hydrogens (tertiary/aromatic N) is 1. The zero-order valence-electron chi connectivity index (χ0n) is 11.6. The van der Waals surface area contributed by atoms with Gasteiger partial charge < -0.3 is 20.5 Å². The summed E-state index contributed by atoms with van der Waals surface area (Å²) in [6.45, 7) is 5.59. The molecule has 3 N–H and O–H groups in total. The highest BCUT2D eigenvalue weighted by atomic mass is 32.1. The van der Waals surface area contributed by atoms with Crippen LogP contribution in [-0.2, 0) is 11.3 Å². The van der Waals surface area contributed by atoms with Crippen LogP contribution in [0.25, 0.3) is 0 Å². The summed E-state index contributed by atoms with van der Waals surface area (Å²) in [5.41, 5.74) is 0.469. The lowest BCUT2D eigenvalue weighted by Crippen LogP contribution is -2.35. The minimum absolute atomic E-state index is 0.207. The summed E-state index contributed by atoms with van der Waals surface area (Å²) in [5, 5.41) is 14.8. The maximum absolute atomic E-state index is 11.5. The molecule has 1 aromatic heterocycles. The highest BCUT2D eigenvalue weighted by Gasteiger charge is 2.14. The Balaban J connectivity index is 2.27. The van der Waals surface area contributed by atoms with E-state index in [1.165, 1.54) is 0 Å². The molecular formula is C12H19N3O4S. The molecular weight excluding hydrogens is 282 g/mol. The zero-order valence-corrected chi connectivity index (χ0v) is 12.4. The van der Waals surface area contributed by atoms with E-state index in [1.807, 2.05) is 6.92 Å². The van der Waals surface area contributed by atoms with Gasteiger partial charge in [-0.2, -0.15) is 0 Å². The molecule has 112 valence electrons. The SMILES string of the molecule is CCOCCCNC(=O)NCc1nc(C)c(C(=O)O)s1. The standard InChI is InChI=1S/C12H19N3O4S/c1-3-19-6-4-5-13-12(18)14-7-9-15-8(2)10(20-9)11(16)17/h3-7H2,1-2H3,(H,16,17)(H2,13,14,18). The van der Waals surface area contributed by atoms with E-state index in [4.69, 9.17) is 9.84 Å². The lowest BCUT2D eigenvalue weighted by atomic mass is 10.4. The number of nitrogens with one attached hydrogen (secondary N) is 2. The van der Waals surface area contributed by atoms with Gasteiger partial charge in [0.25, 0.3) is 0 Å². The van der Waals surface area contributed by atoms with Gasteiger partial charge in [-0.1, -0.05) is 0 Å². The van der Waals surface area contributed by atoms with Gasteiger partial charge in [-0.15, -0.1) is 11.3 Å². The number of aromatic nitrogens is 1. The average molecular weight is 301 g/mol. The van der Waals surface area contributed by atoms with Gasteiger partial charge in [0, 0.05) is 19.8 Å². The molecule has 20 heavy (non-hydrogen) atoms. The van der Waals surface area contributed by atoms with Gasteiger partial charge in [-0.3, -0.25) is 0 Å². The Hall–Kier alpha value is -1.67. The number of aryl methyl sites for hydroxylation is 1. The first-order chi connectivity index (χ1) is 9.54. The molecule has 0 fully saturated rings. The monoisotopic (exact) mass is 301 g/mol. The molecule has 0 radical (unpaired) electrons. The number of hydrogen-bond acceptors (Lipinski definition) is 5. The molecule has 0 aliphatic carbocycles. The largest absolute Gasteiger partial charge is 0.477 e. The van der Waals surface area contributed by atoms with Crippen LogP contribution < -0.4 is 10.6 Å². The first-order valence-corrected chi connectivity index (χ1v) is 7.15. The van der Waals surface area contributed by atoms with Crippen molar-refractivity contribution in [2.24, 2.45) is 0 Å². The number of thiazole rings is 1. The average Bonchev–Trinajstić information content (AvgIpc) is 2.77. The Morgan fingerprint density at radius 3 is 2.75 bits per heavy atom. The summed E-state index contributed by atoms with van der Waals surface area (Å²) in [6, 6.07) is -0.300. The van der Waals surface area contributed by atoms with Gasteiger partial charge in [0.1, 0.15) is 9.88 Å². The fourth-order valence-electron chi connectivity index (χ4n) is 1.47. The smallest absolute Gasteiger partial charge is 0.347 e. The second kappa shape index (κ2) is 8.49. The predicted molar refractivity (Wildman–Crippen MR) is 75.2 cm³/mol. The highest BCUT2D eigenvalue weighted by molar-refractivity contribution is 7.13. The number of ether oxygens (including phenoxy) is 1. The molecule has 0 saturated carbocycles. The molecule has 0 unspecified atom stereocenters. The number of carbonyl (C=O) groups excluding carboxylic acids is 1. The quantitative estimate of drug-likeness (QED) is 0.630. The molecule has 0 spiro atoms. The van der Waals surface area contributed by atoms with E-state index in [0.717, 1.165) is 17.8 Å². The first kappa shape index (κ1) is 16.4. The number of urea groups is 1. The van der Waals surface area contributed by atoms with Crippen LogP contribution in [0, 0.1) is 6.92 Å². The Morgan fingerprint density at radius 1 is 1.40 bits per heavy atom. The van der Waals surface area contributed by atoms with Crippen LogP contribution in [0.1, 0.15) is 33.7 Å². The van der Waals surface area contributed by atoms with E-state index in [0.29, 0.717) is 30.5 Å². The minimum Gasteiger partial charge on any atom is -0.477 e. The molecule has 0 aromatic carbocycles. The molecule has 7 nitrogen and oxygen atoms in total. The van der Waals surface area contributed by atoms with Crippen LogP contribution in [0.5, 0.6) is 0 Å². The highest BCUT2D eigenvalue weighted by Crippen LogP contribution is 2.17. The maximum atomic E-state index is 11.5. The Morgan fingerprint density at radius 2 is 2.15 bits per heavy atom. The van der Waals surface area contributed by atoms with Crippen LogP contribution in [0.4, 0.5) is 4.79 Å². The zero-order chi connectivity index (χ0) is 15.0. The lowest BCUT2D eigenvalue weighted by Gasteiger charge is -2.06. The number of amides is 2. The topological polar surface area (TPSA) is 101 Å². The van der Waals surface area contributed by atoms with Crippen LogP contribution in [0.15, 0.2) is 0 Å². The van der Waals surface area contributed by atoms with Crippen molar-refractivity contribution in [2.45, 2.75) is 26.8 Å². The Kier molecular flexibility index (Phi) is 6.96. The van der Waals surface area contributed by atoms with Gasteiger partial charge >= 0.3 is 12.0 Å². The van der Waals surface area contributed by atoms with Crippen molar-refractivity contribution in [3.05, 3.63) is 15.6 Å². The molecule has 1 aromatic rings. The van der Waals surface area contributed by atoms with Crippen molar-refractivity contribution in [1.29, 1.82) is 0 Å². The number of aromatic carboxylic acids is 1. The van der Waals surface area contributed by atoms with E-state index in [2.05, 4.69) is 15.6 Å². The number of carbonyl (C=O) groups is 2. The molecule has 2 amide bonds. The summed E-state index contributed by atoms with van der Waals surface area (Å²) < 4.78 is 5.15. The van der Waals surface area contributed by atoms with Gasteiger partial charge in [0.15, 0.2) is 0 Å². The van der Waals surface area contributed by atoms with Crippen molar-refractivity contribution in [1.82, 2.24) is 15.6 Å². The Labute approximate surface area is 121 Å². The van der Waals surface area contributed by atoms with Gasteiger partial charge in [0.05, 0.1) is 12.2 Å². The maximum Gasteiger partial charge on any atom is 0.347 e. The summed E-state index contributed by atoms with van der Waals surface area (Å²) >= 11 is 1.07. The molecule has 1 heterocycles. The molecule has 8 heteroatoms. The van der Waals surface area contributed by atoms with E-state index < -0.39 is 5.97 Å². The van der Waals surface area contributed by atoms with Crippen LogP contribution >= 0.6 is 11.3 Å². The first-order valence-electron chi connectivity index (χ1n) is 6.33. The van der Waals surface area contributed by atoms with E-state index in [1.54, 1.807) is 6.92 Å². The molecule has 0 saturated heterocycles. The van der Waals surface area contributed by atoms with E-state index in [-0.39, 0.29) is 17.5 Å². The fourth-order valence-corrected chi connectivity index (χ4v) is 2.31. The van der Waals surface area contributed by atoms with E-state index in [9.17, 15) is 9.59 Å². The fraction of sp³-hybridized carbons (Fsp3) is 0.583. The van der Waals surface area contributed by atoms with Crippen molar-refractivity contribution in [3.8, 4) is 0 Å².